The number of hydrogen-bond donors (Lipinski definition) is 2. The summed E-state index contributed by atoms with van der Waals surface area (Å²) in [6.45, 7) is 1.91. The summed E-state index contributed by atoms with van der Waals surface area (Å²) in [5, 5.41) is 10.0. The summed E-state index contributed by atoms with van der Waals surface area (Å²) in [6, 6.07) is 1.70. The number of halogens is 3. The lowest BCUT2D eigenvalue weighted by atomic mass is 9.98. The summed E-state index contributed by atoms with van der Waals surface area (Å²) in [7, 11) is 0. The Hall–Kier alpha value is -0.350. The largest absolute Gasteiger partial charge is 0.391 e. The van der Waals surface area contributed by atoms with Crippen molar-refractivity contribution in [2.24, 2.45) is 5.73 Å². The molecule has 0 aliphatic heterocycles. The fourth-order valence-electron chi connectivity index (χ4n) is 1.52. The van der Waals surface area contributed by atoms with Crippen LogP contribution in [-0.2, 0) is 0 Å². The maximum absolute atomic E-state index is 13.5. The van der Waals surface area contributed by atoms with Crippen LogP contribution < -0.4 is 5.73 Å². The van der Waals surface area contributed by atoms with Gasteiger partial charge in [0.25, 0.3) is 0 Å². The van der Waals surface area contributed by atoms with Crippen LogP contribution in [0.15, 0.2) is 12.1 Å². The molecule has 1 rings (SSSR count). The van der Waals surface area contributed by atoms with E-state index >= 15 is 0 Å². The minimum absolute atomic E-state index is 0.0734. The molecule has 2 nitrogen and oxygen atoms in total. The Morgan fingerprint density at radius 1 is 1.44 bits per heavy atom. The van der Waals surface area contributed by atoms with Crippen molar-refractivity contribution in [3.63, 3.8) is 0 Å². The Labute approximate surface area is 104 Å². The summed E-state index contributed by atoms with van der Waals surface area (Å²) in [5.74, 6) is -0.544. The molecule has 0 aliphatic rings. The average molecular weight is 266 g/mol. The molecular weight excluding hydrogens is 252 g/mol. The Morgan fingerprint density at radius 2 is 2.06 bits per heavy atom. The Balaban J connectivity index is 3.07. The average Bonchev–Trinajstić information content (AvgIpc) is 2.24. The van der Waals surface area contributed by atoms with E-state index in [0.29, 0.717) is 6.42 Å². The van der Waals surface area contributed by atoms with E-state index in [1.165, 1.54) is 12.1 Å². The third-order valence-electron chi connectivity index (χ3n) is 2.41. The molecule has 3 N–H and O–H groups in total. The second kappa shape index (κ2) is 5.82. The molecule has 5 heteroatoms. The van der Waals surface area contributed by atoms with Gasteiger partial charge in [-0.15, -0.1) is 0 Å². The van der Waals surface area contributed by atoms with Gasteiger partial charge in [0.15, 0.2) is 0 Å². The SMILES string of the molecule is CCC[C@H](O)[C@H](N)c1c(F)ccc(Cl)c1Cl. The summed E-state index contributed by atoms with van der Waals surface area (Å²) in [4.78, 5) is 0. The smallest absolute Gasteiger partial charge is 0.129 e. The minimum Gasteiger partial charge on any atom is -0.391 e. The highest BCUT2D eigenvalue weighted by atomic mass is 35.5. The highest BCUT2D eigenvalue weighted by Crippen LogP contribution is 2.33. The van der Waals surface area contributed by atoms with Gasteiger partial charge in [-0.3, -0.25) is 0 Å². The van der Waals surface area contributed by atoms with Gasteiger partial charge < -0.3 is 10.8 Å². The molecule has 90 valence electrons. The molecule has 0 aliphatic carbocycles. The van der Waals surface area contributed by atoms with E-state index < -0.39 is 18.0 Å². The number of aliphatic hydroxyl groups excluding tert-OH is 1. The lowest BCUT2D eigenvalue weighted by molar-refractivity contribution is 0.133. The first kappa shape index (κ1) is 13.7. The number of benzene rings is 1. The molecule has 0 bridgehead atoms. The number of aliphatic hydroxyl groups is 1. The van der Waals surface area contributed by atoms with E-state index in [-0.39, 0.29) is 15.6 Å². The normalized spacial score (nSPS) is 14.9. The Morgan fingerprint density at radius 3 is 2.62 bits per heavy atom. The Kier molecular flexibility index (Phi) is 4.99. The second-order valence-corrected chi connectivity index (χ2v) is 4.42. The van der Waals surface area contributed by atoms with E-state index in [2.05, 4.69) is 0 Å². The second-order valence-electron chi connectivity index (χ2n) is 3.64. The third kappa shape index (κ3) is 2.86. The van der Waals surface area contributed by atoms with Crippen LogP contribution in [0.3, 0.4) is 0 Å². The molecule has 1 aromatic carbocycles. The topological polar surface area (TPSA) is 46.2 Å². The summed E-state index contributed by atoms with van der Waals surface area (Å²) in [6.07, 6.45) is 0.424. The van der Waals surface area contributed by atoms with Crippen LogP contribution in [0.2, 0.25) is 10.0 Å². The molecule has 0 saturated heterocycles. The highest BCUT2D eigenvalue weighted by molar-refractivity contribution is 6.42. The monoisotopic (exact) mass is 265 g/mol. The van der Waals surface area contributed by atoms with Gasteiger partial charge in [-0.05, 0) is 18.6 Å². The standard InChI is InChI=1S/C11H14Cl2FNO/c1-2-3-8(16)11(15)9-7(14)5-4-6(12)10(9)13/h4-5,8,11,16H,2-3,15H2,1H3/t8-,11-/m0/s1. The first-order chi connectivity index (χ1) is 7.49. The molecule has 0 saturated carbocycles. The van der Waals surface area contributed by atoms with E-state index in [1.54, 1.807) is 0 Å². The summed E-state index contributed by atoms with van der Waals surface area (Å²) < 4.78 is 13.5. The van der Waals surface area contributed by atoms with Crippen LogP contribution >= 0.6 is 23.2 Å². The first-order valence-corrected chi connectivity index (χ1v) is 5.81. The fourth-order valence-corrected chi connectivity index (χ4v) is 1.96. The van der Waals surface area contributed by atoms with Crippen molar-refractivity contribution in [2.45, 2.75) is 31.9 Å². The van der Waals surface area contributed by atoms with Crippen molar-refractivity contribution in [1.29, 1.82) is 0 Å². The van der Waals surface area contributed by atoms with Gasteiger partial charge in [-0.25, -0.2) is 4.39 Å². The molecule has 1 aromatic rings. The van der Waals surface area contributed by atoms with E-state index in [1.807, 2.05) is 6.92 Å². The van der Waals surface area contributed by atoms with Gasteiger partial charge >= 0.3 is 0 Å². The summed E-state index contributed by atoms with van der Waals surface area (Å²) in [5.41, 5.74) is 5.84. The predicted molar refractivity (Wildman–Crippen MR) is 64.3 cm³/mol. The highest BCUT2D eigenvalue weighted by Gasteiger charge is 2.23. The van der Waals surface area contributed by atoms with Gasteiger partial charge in [0.05, 0.1) is 22.2 Å². The quantitative estimate of drug-likeness (QED) is 0.821. The summed E-state index contributed by atoms with van der Waals surface area (Å²) >= 11 is 11.7. The molecule has 2 atom stereocenters. The zero-order chi connectivity index (χ0) is 12.3. The van der Waals surface area contributed by atoms with Crippen LogP contribution in [0.1, 0.15) is 31.4 Å². The molecule has 0 amide bonds. The van der Waals surface area contributed by atoms with Crippen molar-refractivity contribution in [3.8, 4) is 0 Å². The van der Waals surface area contributed by atoms with E-state index in [4.69, 9.17) is 28.9 Å². The maximum Gasteiger partial charge on any atom is 0.129 e. The number of nitrogens with two attached hydrogens (primary N) is 1. The van der Waals surface area contributed by atoms with Gasteiger partial charge in [-0.1, -0.05) is 36.5 Å². The van der Waals surface area contributed by atoms with Crippen LogP contribution in [-0.4, -0.2) is 11.2 Å². The fraction of sp³-hybridized carbons (Fsp3) is 0.455. The van der Waals surface area contributed by atoms with Crippen molar-refractivity contribution < 1.29 is 9.50 Å². The van der Waals surface area contributed by atoms with Crippen LogP contribution in [0, 0.1) is 5.82 Å². The van der Waals surface area contributed by atoms with Crippen LogP contribution in [0.25, 0.3) is 0 Å². The number of rotatable bonds is 4. The Bertz CT molecular complexity index is 373. The predicted octanol–water partition coefficient (Wildman–Crippen LogP) is 3.29. The molecule has 0 radical (unpaired) electrons. The third-order valence-corrected chi connectivity index (χ3v) is 3.23. The lowest BCUT2D eigenvalue weighted by Crippen LogP contribution is -2.27. The van der Waals surface area contributed by atoms with Crippen LogP contribution in [0.4, 0.5) is 4.39 Å². The van der Waals surface area contributed by atoms with Gasteiger partial charge in [0.1, 0.15) is 5.82 Å². The van der Waals surface area contributed by atoms with Crippen molar-refractivity contribution in [3.05, 3.63) is 33.6 Å². The molecule has 0 spiro atoms. The first-order valence-electron chi connectivity index (χ1n) is 5.06. The molecule has 0 aromatic heterocycles. The van der Waals surface area contributed by atoms with E-state index in [9.17, 15) is 9.50 Å². The molecule has 0 fully saturated rings. The molecule has 0 heterocycles. The lowest BCUT2D eigenvalue weighted by Gasteiger charge is -2.20. The van der Waals surface area contributed by atoms with Gasteiger partial charge in [0, 0.05) is 5.56 Å². The van der Waals surface area contributed by atoms with Gasteiger partial charge in [-0.2, -0.15) is 0 Å². The van der Waals surface area contributed by atoms with Gasteiger partial charge in [0.2, 0.25) is 0 Å². The van der Waals surface area contributed by atoms with Crippen molar-refractivity contribution in [2.75, 3.05) is 0 Å². The van der Waals surface area contributed by atoms with E-state index in [0.717, 1.165) is 6.42 Å². The van der Waals surface area contributed by atoms with Crippen molar-refractivity contribution >= 4 is 23.2 Å². The maximum atomic E-state index is 13.5. The van der Waals surface area contributed by atoms with Crippen LogP contribution in [0.5, 0.6) is 0 Å². The zero-order valence-electron chi connectivity index (χ0n) is 8.88. The molecule has 16 heavy (non-hydrogen) atoms. The zero-order valence-corrected chi connectivity index (χ0v) is 10.4. The number of hydrogen-bond acceptors (Lipinski definition) is 2. The van der Waals surface area contributed by atoms with Crippen molar-refractivity contribution in [1.82, 2.24) is 0 Å². The molecule has 0 unspecified atom stereocenters. The molecular formula is C11H14Cl2FNO. The minimum atomic E-state index is -0.855.